The van der Waals surface area contributed by atoms with Crippen molar-refractivity contribution in [2.75, 3.05) is 13.6 Å². The SMILES string of the molecule is CN=C(NCc1nnc2ccccn12)NCC1(c2cccc(Br)c2)CCC1.I. The van der Waals surface area contributed by atoms with Crippen molar-refractivity contribution in [3.8, 4) is 0 Å². The molecule has 148 valence electrons. The van der Waals surface area contributed by atoms with Gasteiger partial charge in [0.1, 0.15) is 0 Å². The molecule has 0 atom stereocenters. The summed E-state index contributed by atoms with van der Waals surface area (Å²) in [6.07, 6.45) is 5.63. The minimum absolute atomic E-state index is 0. The number of pyridine rings is 1. The van der Waals surface area contributed by atoms with Gasteiger partial charge in [-0.15, -0.1) is 34.2 Å². The van der Waals surface area contributed by atoms with Crippen LogP contribution in [-0.4, -0.2) is 34.2 Å². The Morgan fingerprint density at radius 3 is 2.75 bits per heavy atom. The van der Waals surface area contributed by atoms with E-state index in [1.165, 1.54) is 24.8 Å². The van der Waals surface area contributed by atoms with Gasteiger partial charge in [-0.2, -0.15) is 0 Å². The molecule has 0 amide bonds. The van der Waals surface area contributed by atoms with Crippen LogP contribution in [0.25, 0.3) is 5.65 Å². The third-order valence-electron chi connectivity index (χ3n) is 5.36. The maximum atomic E-state index is 4.37. The van der Waals surface area contributed by atoms with Crippen LogP contribution in [0.1, 0.15) is 30.7 Å². The standard InChI is InChI=1S/C20H23BrN6.HI/c1-22-19(23-13-18-26-25-17-8-2-3-11-27(17)18)24-14-20(9-5-10-20)15-6-4-7-16(21)12-15;/h2-4,6-8,11-12H,5,9-10,13-14H2,1H3,(H2,22,23,24);1H. The fraction of sp³-hybridized carbons (Fsp3) is 0.350. The molecule has 6 nitrogen and oxygen atoms in total. The van der Waals surface area contributed by atoms with Gasteiger partial charge in [0, 0.05) is 29.7 Å². The van der Waals surface area contributed by atoms with Gasteiger partial charge in [-0.3, -0.25) is 9.39 Å². The van der Waals surface area contributed by atoms with Gasteiger partial charge in [-0.25, -0.2) is 0 Å². The van der Waals surface area contributed by atoms with Crippen molar-refractivity contribution in [2.45, 2.75) is 31.2 Å². The number of guanidine groups is 1. The molecule has 1 aromatic carbocycles. The number of rotatable bonds is 5. The molecule has 8 heteroatoms. The molecule has 0 unspecified atom stereocenters. The maximum Gasteiger partial charge on any atom is 0.191 e. The van der Waals surface area contributed by atoms with E-state index in [1.54, 1.807) is 7.05 Å². The molecule has 0 radical (unpaired) electrons. The number of fused-ring (bicyclic) bond motifs is 1. The molecule has 2 heterocycles. The molecule has 3 aromatic rings. The van der Waals surface area contributed by atoms with Gasteiger partial charge >= 0.3 is 0 Å². The van der Waals surface area contributed by atoms with Gasteiger partial charge in [-0.1, -0.05) is 40.5 Å². The molecule has 4 rings (SSSR count). The van der Waals surface area contributed by atoms with Crippen LogP contribution in [0.2, 0.25) is 0 Å². The molecule has 1 aliphatic rings. The highest BCUT2D eigenvalue weighted by atomic mass is 127. The third kappa shape index (κ3) is 4.32. The maximum absolute atomic E-state index is 4.37. The molecule has 0 aliphatic heterocycles. The van der Waals surface area contributed by atoms with Gasteiger partial charge in [0.25, 0.3) is 0 Å². The van der Waals surface area contributed by atoms with E-state index in [0.29, 0.717) is 6.54 Å². The van der Waals surface area contributed by atoms with Gasteiger partial charge in [0.15, 0.2) is 17.4 Å². The first-order valence-corrected chi connectivity index (χ1v) is 9.99. The second-order valence-corrected chi connectivity index (χ2v) is 7.88. The van der Waals surface area contributed by atoms with E-state index in [-0.39, 0.29) is 29.4 Å². The Morgan fingerprint density at radius 2 is 2.04 bits per heavy atom. The molecule has 1 saturated carbocycles. The Balaban J connectivity index is 0.00000225. The zero-order valence-corrected chi connectivity index (χ0v) is 19.6. The van der Waals surface area contributed by atoms with Crippen molar-refractivity contribution in [1.82, 2.24) is 25.2 Å². The fourth-order valence-electron chi connectivity index (χ4n) is 3.64. The molecule has 28 heavy (non-hydrogen) atoms. The number of nitrogens with one attached hydrogen (secondary N) is 2. The first-order chi connectivity index (χ1) is 13.2. The smallest absolute Gasteiger partial charge is 0.191 e. The third-order valence-corrected chi connectivity index (χ3v) is 5.86. The summed E-state index contributed by atoms with van der Waals surface area (Å²) in [5.41, 5.74) is 2.41. The minimum atomic E-state index is 0. The quantitative estimate of drug-likeness (QED) is 0.285. The fourth-order valence-corrected chi connectivity index (χ4v) is 4.04. The molecule has 0 bridgehead atoms. The largest absolute Gasteiger partial charge is 0.356 e. The van der Waals surface area contributed by atoms with Gasteiger partial charge in [0.05, 0.1) is 6.54 Å². The van der Waals surface area contributed by atoms with Crippen molar-refractivity contribution in [3.63, 3.8) is 0 Å². The second-order valence-electron chi connectivity index (χ2n) is 6.97. The van der Waals surface area contributed by atoms with E-state index < -0.39 is 0 Å². The number of aromatic nitrogens is 3. The van der Waals surface area contributed by atoms with E-state index in [2.05, 4.69) is 66.0 Å². The van der Waals surface area contributed by atoms with Crippen LogP contribution in [-0.2, 0) is 12.0 Å². The molecule has 2 aromatic heterocycles. The minimum Gasteiger partial charge on any atom is -0.356 e. The lowest BCUT2D eigenvalue weighted by molar-refractivity contribution is 0.243. The van der Waals surface area contributed by atoms with Gasteiger partial charge in [0.2, 0.25) is 0 Å². The van der Waals surface area contributed by atoms with Gasteiger partial charge in [-0.05, 0) is 42.7 Å². The van der Waals surface area contributed by atoms with Crippen LogP contribution in [0, 0.1) is 0 Å². The summed E-state index contributed by atoms with van der Waals surface area (Å²) >= 11 is 3.60. The number of aliphatic imine (C=N–C) groups is 1. The predicted molar refractivity (Wildman–Crippen MR) is 126 cm³/mol. The molecule has 0 spiro atoms. The number of benzene rings is 1. The lowest BCUT2D eigenvalue weighted by atomic mass is 9.64. The Hall–Kier alpha value is -1.68. The van der Waals surface area contributed by atoms with Crippen LogP contribution in [0.3, 0.4) is 0 Å². The van der Waals surface area contributed by atoms with Crippen LogP contribution in [0.4, 0.5) is 0 Å². The summed E-state index contributed by atoms with van der Waals surface area (Å²) < 4.78 is 3.11. The lowest BCUT2D eigenvalue weighted by Crippen LogP contribution is -2.48. The van der Waals surface area contributed by atoms with Crippen LogP contribution in [0.15, 0.2) is 58.1 Å². The number of halogens is 2. The summed E-state index contributed by atoms with van der Waals surface area (Å²) in [7, 11) is 1.80. The summed E-state index contributed by atoms with van der Waals surface area (Å²) in [5, 5.41) is 15.3. The highest BCUT2D eigenvalue weighted by Crippen LogP contribution is 2.43. The van der Waals surface area contributed by atoms with Crippen molar-refractivity contribution in [3.05, 3.63) is 64.5 Å². The summed E-state index contributed by atoms with van der Waals surface area (Å²) in [4.78, 5) is 4.37. The predicted octanol–water partition coefficient (Wildman–Crippen LogP) is 3.90. The highest BCUT2D eigenvalue weighted by Gasteiger charge is 2.38. The van der Waals surface area contributed by atoms with Crippen LogP contribution < -0.4 is 10.6 Å². The summed E-state index contributed by atoms with van der Waals surface area (Å²) in [5.74, 6) is 1.64. The average Bonchev–Trinajstić information content (AvgIpc) is 3.06. The summed E-state index contributed by atoms with van der Waals surface area (Å²) in [6.45, 7) is 1.43. The molecular weight excluding hydrogens is 531 g/mol. The van der Waals surface area contributed by atoms with Crippen molar-refractivity contribution >= 4 is 51.5 Å². The lowest BCUT2D eigenvalue weighted by Gasteiger charge is -2.43. The first-order valence-electron chi connectivity index (χ1n) is 9.19. The Morgan fingerprint density at radius 1 is 1.18 bits per heavy atom. The van der Waals surface area contributed by atoms with Crippen LogP contribution in [0.5, 0.6) is 0 Å². The number of hydrogen-bond acceptors (Lipinski definition) is 3. The Labute approximate surface area is 190 Å². The van der Waals surface area contributed by atoms with E-state index >= 15 is 0 Å². The van der Waals surface area contributed by atoms with Crippen molar-refractivity contribution < 1.29 is 0 Å². The van der Waals surface area contributed by atoms with Crippen molar-refractivity contribution in [2.24, 2.45) is 4.99 Å². The first kappa shape index (κ1) is 21.0. The number of hydrogen-bond donors (Lipinski definition) is 2. The number of nitrogens with zero attached hydrogens (tertiary/aromatic N) is 4. The summed E-state index contributed by atoms with van der Waals surface area (Å²) in [6, 6.07) is 14.5. The topological polar surface area (TPSA) is 66.6 Å². The highest BCUT2D eigenvalue weighted by molar-refractivity contribution is 14.0. The Bertz CT molecular complexity index is 966. The Kier molecular flexibility index (Phi) is 6.92. The van der Waals surface area contributed by atoms with E-state index in [4.69, 9.17) is 0 Å². The monoisotopic (exact) mass is 554 g/mol. The second kappa shape index (κ2) is 9.21. The molecule has 1 aliphatic carbocycles. The van der Waals surface area contributed by atoms with E-state index in [0.717, 1.165) is 28.4 Å². The van der Waals surface area contributed by atoms with E-state index in [1.807, 2.05) is 28.8 Å². The van der Waals surface area contributed by atoms with Gasteiger partial charge < -0.3 is 10.6 Å². The zero-order valence-electron chi connectivity index (χ0n) is 15.7. The zero-order chi connectivity index (χ0) is 18.7. The van der Waals surface area contributed by atoms with Crippen molar-refractivity contribution in [1.29, 1.82) is 0 Å². The molecule has 0 saturated heterocycles. The molecule has 1 fully saturated rings. The normalized spacial score (nSPS) is 15.6. The van der Waals surface area contributed by atoms with Crippen LogP contribution >= 0.6 is 39.9 Å². The van der Waals surface area contributed by atoms with E-state index in [9.17, 15) is 0 Å². The molecule has 2 N–H and O–H groups in total. The average molecular weight is 555 g/mol. The molecular formula is C20H24BrIN6.